The Bertz CT molecular complexity index is 1000. The van der Waals surface area contributed by atoms with Crippen molar-refractivity contribution in [1.82, 2.24) is 9.97 Å². The van der Waals surface area contributed by atoms with Gasteiger partial charge in [-0.3, -0.25) is 0 Å². The van der Waals surface area contributed by atoms with Gasteiger partial charge in [-0.2, -0.15) is 0 Å². The highest BCUT2D eigenvalue weighted by Crippen LogP contribution is 2.35. The number of aromatic nitrogens is 2. The number of rotatable bonds is 10. The number of anilines is 2. The van der Waals surface area contributed by atoms with E-state index in [4.69, 9.17) is 21.1 Å². The van der Waals surface area contributed by atoms with Gasteiger partial charge in [-0.25, -0.2) is 14.4 Å². The summed E-state index contributed by atoms with van der Waals surface area (Å²) >= 11 is 5.85. The highest BCUT2D eigenvalue weighted by atomic mass is 35.5. The second-order valence-corrected chi connectivity index (χ2v) is 6.77. The minimum Gasteiger partial charge on any atom is -0.493 e. The van der Waals surface area contributed by atoms with E-state index < -0.39 is 5.82 Å². The first-order chi connectivity index (χ1) is 14.1. The molecular formula is C21H21ClFN3O3. The highest BCUT2D eigenvalue weighted by Gasteiger charge is 2.12. The molecule has 29 heavy (non-hydrogen) atoms. The molecule has 6 nitrogen and oxygen atoms in total. The number of methoxy groups -OCH3 is 1. The van der Waals surface area contributed by atoms with E-state index >= 15 is 0 Å². The van der Waals surface area contributed by atoms with E-state index in [2.05, 4.69) is 15.3 Å². The minimum absolute atomic E-state index is 0.0229. The number of halogens is 2. The SMILES string of the molecule is COc1cc2c(Nc3ccc(F)c(Cl)c3)ncnc2cc1OCCCCCC=O. The number of benzene rings is 2. The van der Waals surface area contributed by atoms with Gasteiger partial charge in [0.2, 0.25) is 0 Å². The topological polar surface area (TPSA) is 73.3 Å². The molecule has 0 spiro atoms. The summed E-state index contributed by atoms with van der Waals surface area (Å²) in [6, 6.07) is 7.95. The van der Waals surface area contributed by atoms with Crippen LogP contribution in [0, 0.1) is 5.82 Å². The number of ether oxygens (including phenoxy) is 2. The van der Waals surface area contributed by atoms with Gasteiger partial charge in [-0.15, -0.1) is 0 Å². The van der Waals surface area contributed by atoms with Crippen molar-refractivity contribution in [3.05, 3.63) is 47.5 Å². The molecule has 1 N–H and O–H groups in total. The van der Waals surface area contributed by atoms with Gasteiger partial charge in [0.1, 0.15) is 24.2 Å². The van der Waals surface area contributed by atoms with E-state index in [9.17, 15) is 9.18 Å². The first-order valence-corrected chi connectivity index (χ1v) is 9.61. The van der Waals surface area contributed by atoms with E-state index in [1.807, 2.05) is 0 Å². The van der Waals surface area contributed by atoms with Crippen molar-refractivity contribution < 1.29 is 18.7 Å². The normalized spacial score (nSPS) is 10.7. The molecule has 0 fully saturated rings. The number of hydrogen-bond acceptors (Lipinski definition) is 6. The van der Waals surface area contributed by atoms with Crippen LogP contribution in [0.4, 0.5) is 15.9 Å². The number of nitrogens with zero attached hydrogens (tertiary/aromatic N) is 2. The Morgan fingerprint density at radius 3 is 2.76 bits per heavy atom. The van der Waals surface area contributed by atoms with Gasteiger partial charge >= 0.3 is 0 Å². The highest BCUT2D eigenvalue weighted by molar-refractivity contribution is 6.31. The lowest BCUT2D eigenvalue weighted by atomic mass is 10.2. The van der Waals surface area contributed by atoms with E-state index in [1.54, 1.807) is 25.3 Å². The quantitative estimate of drug-likeness (QED) is 0.356. The second-order valence-electron chi connectivity index (χ2n) is 6.36. The fraction of sp³-hybridized carbons (Fsp3) is 0.286. The van der Waals surface area contributed by atoms with E-state index in [0.29, 0.717) is 41.5 Å². The van der Waals surface area contributed by atoms with Crippen molar-refractivity contribution in [3.63, 3.8) is 0 Å². The van der Waals surface area contributed by atoms with Gasteiger partial charge in [0.15, 0.2) is 11.5 Å². The number of carbonyl (C=O) groups excluding carboxylic acids is 1. The average molecular weight is 418 g/mol. The molecule has 2 aromatic carbocycles. The van der Waals surface area contributed by atoms with Crippen LogP contribution in [0.2, 0.25) is 5.02 Å². The third-order valence-electron chi connectivity index (χ3n) is 4.33. The molecule has 0 unspecified atom stereocenters. The molecule has 1 aromatic heterocycles. The maximum Gasteiger partial charge on any atom is 0.163 e. The zero-order valence-corrected chi connectivity index (χ0v) is 16.7. The second kappa shape index (κ2) is 10.0. The molecule has 3 aromatic rings. The summed E-state index contributed by atoms with van der Waals surface area (Å²) < 4.78 is 24.7. The minimum atomic E-state index is -0.487. The zero-order valence-electron chi connectivity index (χ0n) is 16.0. The van der Waals surface area contributed by atoms with E-state index in [-0.39, 0.29) is 5.02 Å². The molecule has 8 heteroatoms. The van der Waals surface area contributed by atoms with Crippen molar-refractivity contribution in [2.45, 2.75) is 25.7 Å². The molecule has 0 aliphatic carbocycles. The third kappa shape index (κ3) is 5.32. The Kier molecular flexibility index (Phi) is 7.19. The van der Waals surface area contributed by atoms with Gasteiger partial charge in [0.25, 0.3) is 0 Å². The molecule has 0 amide bonds. The monoisotopic (exact) mass is 417 g/mol. The molecule has 1 heterocycles. The van der Waals surface area contributed by atoms with Crippen LogP contribution in [-0.2, 0) is 4.79 Å². The molecule has 3 rings (SSSR count). The summed E-state index contributed by atoms with van der Waals surface area (Å²) in [7, 11) is 1.56. The first kappa shape index (κ1) is 20.8. The van der Waals surface area contributed by atoms with Crippen LogP contribution in [0.5, 0.6) is 11.5 Å². The average Bonchev–Trinajstić information content (AvgIpc) is 2.73. The fourth-order valence-electron chi connectivity index (χ4n) is 2.84. The summed E-state index contributed by atoms with van der Waals surface area (Å²) in [5.74, 6) is 1.20. The molecule has 0 bridgehead atoms. The van der Waals surface area contributed by atoms with Gasteiger partial charge in [0, 0.05) is 23.6 Å². The largest absolute Gasteiger partial charge is 0.493 e. The Hall–Kier alpha value is -2.93. The van der Waals surface area contributed by atoms with Crippen LogP contribution in [0.15, 0.2) is 36.7 Å². The van der Waals surface area contributed by atoms with Crippen molar-refractivity contribution in [1.29, 1.82) is 0 Å². The Labute approximate surface area is 173 Å². The molecule has 0 atom stereocenters. The van der Waals surface area contributed by atoms with Crippen molar-refractivity contribution >= 4 is 40.3 Å². The molecule has 0 aliphatic heterocycles. The molecule has 0 saturated heterocycles. The van der Waals surface area contributed by atoms with Crippen LogP contribution in [0.3, 0.4) is 0 Å². The van der Waals surface area contributed by atoms with Crippen molar-refractivity contribution in [3.8, 4) is 11.5 Å². The van der Waals surface area contributed by atoms with Gasteiger partial charge < -0.3 is 19.6 Å². The van der Waals surface area contributed by atoms with Crippen molar-refractivity contribution in [2.24, 2.45) is 0 Å². The Morgan fingerprint density at radius 2 is 2.00 bits per heavy atom. The molecule has 0 saturated carbocycles. The Morgan fingerprint density at radius 1 is 1.14 bits per heavy atom. The Balaban J connectivity index is 1.80. The van der Waals surface area contributed by atoms with Crippen LogP contribution in [-0.4, -0.2) is 30.0 Å². The molecule has 0 radical (unpaired) electrons. The number of nitrogens with one attached hydrogen (secondary N) is 1. The lowest BCUT2D eigenvalue weighted by molar-refractivity contribution is -0.107. The summed E-state index contributed by atoms with van der Waals surface area (Å²) in [5, 5.41) is 3.88. The van der Waals surface area contributed by atoms with Crippen LogP contribution >= 0.6 is 11.6 Å². The molecule has 0 aliphatic rings. The first-order valence-electron chi connectivity index (χ1n) is 9.23. The van der Waals surface area contributed by atoms with Gasteiger partial charge in [0.05, 0.1) is 24.3 Å². The predicted octanol–water partition coefficient (Wildman–Crippen LogP) is 5.31. The summed E-state index contributed by atoms with van der Waals surface area (Å²) in [4.78, 5) is 18.9. The summed E-state index contributed by atoms with van der Waals surface area (Å²) in [6.45, 7) is 0.519. The smallest absolute Gasteiger partial charge is 0.163 e. The van der Waals surface area contributed by atoms with Crippen LogP contribution < -0.4 is 14.8 Å². The van der Waals surface area contributed by atoms with E-state index in [0.717, 1.165) is 30.9 Å². The number of aldehydes is 1. The molecule has 152 valence electrons. The lowest BCUT2D eigenvalue weighted by Gasteiger charge is -2.14. The number of carbonyl (C=O) groups is 1. The van der Waals surface area contributed by atoms with Crippen LogP contribution in [0.25, 0.3) is 10.9 Å². The van der Waals surface area contributed by atoms with Crippen molar-refractivity contribution in [2.75, 3.05) is 19.0 Å². The predicted molar refractivity (Wildman–Crippen MR) is 111 cm³/mol. The lowest BCUT2D eigenvalue weighted by Crippen LogP contribution is -2.01. The maximum atomic E-state index is 13.4. The summed E-state index contributed by atoms with van der Waals surface area (Å²) in [6.07, 6.45) is 5.56. The third-order valence-corrected chi connectivity index (χ3v) is 4.62. The maximum absolute atomic E-state index is 13.4. The van der Waals surface area contributed by atoms with Crippen LogP contribution in [0.1, 0.15) is 25.7 Å². The number of fused-ring (bicyclic) bond motifs is 1. The molecular weight excluding hydrogens is 397 g/mol. The van der Waals surface area contributed by atoms with Gasteiger partial charge in [-0.1, -0.05) is 11.6 Å². The zero-order chi connectivity index (χ0) is 20.6. The standard InChI is InChI=1S/C21H21ClFN3O3/c1-28-19-11-15-18(12-20(19)29-9-5-3-2-4-8-27)24-13-25-21(15)26-14-6-7-17(23)16(22)10-14/h6-8,10-13H,2-5,9H2,1H3,(H,24,25,26). The van der Waals surface area contributed by atoms with Gasteiger partial charge in [-0.05, 0) is 43.5 Å². The number of hydrogen-bond donors (Lipinski definition) is 1. The summed E-state index contributed by atoms with van der Waals surface area (Å²) in [5.41, 5.74) is 1.28. The fourth-order valence-corrected chi connectivity index (χ4v) is 3.02. The number of unbranched alkanes of at least 4 members (excludes halogenated alkanes) is 3. The van der Waals surface area contributed by atoms with E-state index in [1.165, 1.54) is 18.5 Å².